The number of hydrogen-bond donors (Lipinski definition) is 3. The predicted octanol–water partition coefficient (Wildman–Crippen LogP) is 3.54. The summed E-state index contributed by atoms with van der Waals surface area (Å²) in [6.45, 7) is 4.27. The fraction of sp³-hybridized carbons (Fsp3) is 0.353. The molecule has 2 amide bonds. The summed E-state index contributed by atoms with van der Waals surface area (Å²) in [4.78, 5) is 12.0. The summed E-state index contributed by atoms with van der Waals surface area (Å²) in [5, 5.41) is 19.4. The van der Waals surface area contributed by atoms with Crippen LogP contribution in [0.3, 0.4) is 0 Å². The molecule has 118 valence electrons. The van der Waals surface area contributed by atoms with Gasteiger partial charge in [0.2, 0.25) is 0 Å². The minimum atomic E-state index is -0.670. The van der Waals surface area contributed by atoms with Crippen LogP contribution < -0.4 is 10.6 Å². The maximum atomic E-state index is 12.0. The second-order valence-corrected chi connectivity index (χ2v) is 6.08. The summed E-state index contributed by atoms with van der Waals surface area (Å²) in [5.74, 6) is 0. The number of benzene rings is 1. The van der Waals surface area contributed by atoms with E-state index in [1.54, 1.807) is 0 Å². The van der Waals surface area contributed by atoms with Crippen LogP contribution in [-0.4, -0.2) is 17.7 Å². The average molecular weight is 318 g/mol. The fourth-order valence-corrected chi connectivity index (χ4v) is 2.91. The van der Waals surface area contributed by atoms with E-state index in [-0.39, 0.29) is 18.6 Å². The molecular weight excluding hydrogens is 296 g/mol. The molecule has 0 saturated heterocycles. The van der Waals surface area contributed by atoms with E-state index in [0.29, 0.717) is 0 Å². The molecule has 4 nitrogen and oxygen atoms in total. The molecular formula is C17H22N2O2S. The van der Waals surface area contributed by atoms with Crippen molar-refractivity contribution in [2.24, 2.45) is 0 Å². The van der Waals surface area contributed by atoms with Gasteiger partial charge in [-0.2, -0.15) is 11.3 Å². The predicted molar refractivity (Wildman–Crippen MR) is 90.0 cm³/mol. The van der Waals surface area contributed by atoms with Gasteiger partial charge in [0.15, 0.2) is 0 Å². The third-order valence-corrected chi connectivity index (χ3v) is 4.28. The first-order valence-electron chi connectivity index (χ1n) is 7.41. The Kier molecular flexibility index (Phi) is 5.98. The molecule has 0 aliphatic carbocycles. The third-order valence-electron chi connectivity index (χ3n) is 3.58. The lowest BCUT2D eigenvalue weighted by atomic mass is 10.0. The number of rotatable bonds is 6. The van der Waals surface area contributed by atoms with Crippen LogP contribution in [0.15, 0.2) is 41.1 Å². The zero-order chi connectivity index (χ0) is 15.9. The third kappa shape index (κ3) is 4.58. The van der Waals surface area contributed by atoms with Gasteiger partial charge in [-0.05, 0) is 41.3 Å². The number of urea groups is 1. The van der Waals surface area contributed by atoms with Crippen LogP contribution in [0.1, 0.15) is 42.2 Å². The highest BCUT2D eigenvalue weighted by Gasteiger charge is 2.14. The van der Waals surface area contributed by atoms with Gasteiger partial charge in [0.1, 0.15) is 0 Å². The van der Waals surface area contributed by atoms with Gasteiger partial charge in [0.05, 0.1) is 12.1 Å². The van der Waals surface area contributed by atoms with Crippen molar-refractivity contribution in [1.29, 1.82) is 0 Å². The number of hydrogen-bond acceptors (Lipinski definition) is 3. The van der Waals surface area contributed by atoms with Gasteiger partial charge in [-0.1, -0.05) is 36.8 Å². The van der Waals surface area contributed by atoms with Crippen LogP contribution >= 0.6 is 11.3 Å². The first-order chi connectivity index (χ1) is 10.6. The Bertz CT molecular complexity index is 581. The molecule has 0 fully saturated rings. The van der Waals surface area contributed by atoms with Crippen LogP contribution in [0.4, 0.5) is 4.79 Å². The molecule has 2 rings (SSSR count). The largest absolute Gasteiger partial charge is 0.387 e. The van der Waals surface area contributed by atoms with E-state index in [9.17, 15) is 9.90 Å². The number of amides is 2. The maximum absolute atomic E-state index is 12.0. The van der Waals surface area contributed by atoms with E-state index in [0.717, 1.165) is 17.5 Å². The zero-order valence-corrected chi connectivity index (χ0v) is 13.7. The summed E-state index contributed by atoms with van der Waals surface area (Å²) in [7, 11) is 0. The molecule has 5 heteroatoms. The van der Waals surface area contributed by atoms with E-state index in [2.05, 4.69) is 10.6 Å². The molecule has 0 spiro atoms. The van der Waals surface area contributed by atoms with E-state index >= 15 is 0 Å². The molecule has 1 aromatic carbocycles. The normalized spacial score (nSPS) is 13.4. The van der Waals surface area contributed by atoms with E-state index in [4.69, 9.17) is 0 Å². The second kappa shape index (κ2) is 7.96. The molecule has 0 bridgehead atoms. The molecule has 3 N–H and O–H groups in total. The van der Waals surface area contributed by atoms with Crippen molar-refractivity contribution in [2.45, 2.75) is 32.4 Å². The first-order valence-corrected chi connectivity index (χ1v) is 8.35. The van der Waals surface area contributed by atoms with Crippen molar-refractivity contribution in [3.05, 3.63) is 57.8 Å². The molecule has 0 aliphatic heterocycles. The van der Waals surface area contributed by atoms with Gasteiger partial charge in [0.25, 0.3) is 0 Å². The number of aliphatic hydroxyl groups excluding tert-OH is 1. The Hall–Kier alpha value is -1.85. The number of aliphatic hydroxyl groups is 1. The lowest BCUT2D eigenvalue weighted by molar-refractivity contribution is 0.173. The van der Waals surface area contributed by atoms with Crippen LogP contribution in [-0.2, 0) is 0 Å². The lowest BCUT2D eigenvalue weighted by Gasteiger charge is -2.19. The Morgan fingerprint density at radius 2 is 1.95 bits per heavy atom. The lowest BCUT2D eigenvalue weighted by Crippen LogP contribution is -2.39. The molecule has 22 heavy (non-hydrogen) atoms. The van der Waals surface area contributed by atoms with Crippen molar-refractivity contribution >= 4 is 17.4 Å². The highest BCUT2D eigenvalue weighted by atomic mass is 32.1. The van der Waals surface area contributed by atoms with Gasteiger partial charge < -0.3 is 15.7 Å². The van der Waals surface area contributed by atoms with E-state index in [1.807, 2.05) is 54.9 Å². The number of thiophene rings is 1. The summed E-state index contributed by atoms with van der Waals surface area (Å²) in [5.41, 5.74) is 3.11. The summed E-state index contributed by atoms with van der Waals surface area (Å²) in [6, 6.07) is 9.71. The van der Waals surface area contributed by atoms with Crippen LogP contribution in [0, 0.1) is 6.92 Å². The summed E-state index contributed by atoms with van der Waals surface area (Å²) in [6.07, 6.45) is 0.139. The van der Waals surface area contributed by atoms with Gasteiger partial charge >= 0.3 is 6.03 Å². The Labute approximate surface area is 135 Å². The smallest absolute Gasteiger partial charge is 0.315 e. The molecule has 1 aromatic heterocycles. The Morgan fingerprint density at radius 3 is 2.55 bits per heavy atom. The first kappa shape index (κ1) is 16.5. The highest BCUT2D eigenvalue weighted by Crippen LogP contribution is 2.17. The standard InChI is InChI=1S/C17H22N2O2S/c1-3-15(13-6-4-12(2)5-7-13)19-17(21)18-10-16(20)14-8-9-22-11-14/h4-9,11,15-16,20H,3,10H2,1-2H3,(H2,18,19,21). The van der Waals surface area contributed by atoms with Crippen molar-refractivity contribution < 1.29 is 9.90 Å². The number of carbonyl (C=O) groups is 1. The monoisotopic (exact) mass is 318 g/mol. The molecule has 2 aromatic rings. The minimum absolute atomic E-state index is 0.0288. The van der Waals surface area contributed by atoms with Crippen molar-refractivity contribution in [3.63, 3.8) is 0 Å². The molecule has 1 heterocycles. The molecule has 0 radical (unpaired) electrons. The quantitative estimate of drug-likeness (QED) is 0.763. The van der Waals surface area contributed by atoms with Crippen LogP contribution in [0.2, 0.25) is 0 Å². The van der Waals surface area contributed by atoms with Crippen LogP contribution in [0.25, 0.3) is 0 Å². The van der Waals surface area contributed by atoms with Crippen molar-refractivity contribution in [1.82, 2.24) is 10.6 Å². The number of nitrogens with one attached hydrogen (secondary N) is 2. The van der Waals surface area contributed by atoms with Gasteiger partial charge in [-0.25, -0.2) is 4.79 Å². The average Bonchev–Trinajstić information content (AvgIpc) is 3.05. The SMILES string of the molecule is CCC(NC(=O)NCC(O)c1ccsc1)c1ccc(C)cc1. The van der Waals surface area contributed by atoms with Gasteiger partial charge in [-0.3, -0.25) is 0 Å². The molecule has 0 saturated carbocycles. The maximum Gasteiger partial charge on any atom is 0.315 e. The molecule has 2 atom stereocenters. The summed E-state index contributed by atoms with van der Waals surface area (Å²) < 4.78 is 0. The minimum Gasteiger partial charge on any atom is -0.387 e. The molecule has 0 aliphatic rings. The van der Waals surface area contributed by atoms with Crippen LogP contribution in [0.5, 0.6) is 0 Å². The van der Waals surface area contributed by atoms with Gasteiger partial charge in [0, 0.05) is 6.54 Å². The zero-order valence-electron chi connectivity index (χ0n) is 12.9. The van der Waals surface area contributed by atoms with Crippen molar-refractivity contribution in [2.75, 3.05) is 6.54 Å². The summed E-state index contributed by atoms with van der Waals surface area (Å²) >= 11 is 1.53. The Morgan fingerprint density at radius 1 is 1.23 bits per heavy atom. The number of carbonyl (C=O) groups excluding carboxylic acids is 1. The van der Waals surface area contributed by atoms with E-state index < -0.39 is 6.10 Å². The van der Waals surface area contributed by atoms with Crippen molar-refractivity contribution in [3.8, 4) is 0 Å². The van der Waals surface area contributed by atoms with Gasteiger partial charge in [-0.15, -0.1) is 0 Å². The van der Waals surface area contributed by atoms with E-state index in [1.165, 1.54) is 16.9 Å². The Balaban J connectivity index is 1.85. The second-order valence-electron chi connectivity index (χ2n) is 5.30. The topological polar surface area (TPSA) is 61.4 Å². The number of aryl methyl sites for hydroxylation is 1. The highest BCUT2D eigenvalue weighted by molar-refractivity contribution is 7.07. The molecule has 2 unspecified atom stereocenters. The fourth-order valence-electron chi connectivity index (χ4n) is 2.20.